The highest BCUT2D eigenvalue weighted by Crippen LogP contribution is 2.18. The standard InChI is InChI=1S/C24H26N4O3/c1-17-25-22-12-13-27(14-18-6-4-3-5-7-18)15-21(22)24(30)28(17)16-23(29)26-19-8-10-20(31-2)11-9-19/h3-11H,12-16H2,1-2H3,(H,26,29). The van der Waals surface area contributed by atoms with Gasteiger partial charge in [-0.1, -0.05) is 30.3 Å². The maximum Gasteiger partial charge on any atom is 0.258 e. The van der Waals surface area contributed by atoms with Crippen molar-refractivity contribution in [3.8, 4) is 5.75 Å². The lowest BCUT2D eigenvalue weighted by Crippen LogP contribution is -2.39. The van der Waals surface area contributed by atoms with Crippen molar-refractivity contribution >= 4 is 11.6 Å². The van der Waals surface area contributed by atoms with Crippen LogP contribution in [0.2, 0.25) is 0 Å². The maximum atomic E-state index is 13.2. The molecule has 7 heteroatoms. The molecule has 1 N–H and O–H groups in total. The molecule has 1 amide bonds. The molecule has 1 aliphatic heterocycles. The summed E-state index contributed by atoms with van der Waals surface area (Å²) in [5.74, 6) is 1.00. The van der Waals surface area contributed by atoms with Crippen LogP contribution in [0.1, 0.15) is 22.6 Å². The third kappa shape index (κ3) is 4.83. The highest BCUT2D eigenvalue weighted by atomic mass is 16.5. The third-order valence-corrected chi connectivity index (χ3v) is 5.51. The summed E-state index contributed by atoms with van der Waals surface area (Å²) in [7, 11) is 1.59. The molecule has 160 valence electrons. The molecule has 1 aromatic heterocycles. The van der Waals surface area contributed by atoms with Gasteiger partial charge in [-0.3, -0.25) is 19.1 Å². The predicted octanol–water partition coefficient (Wildman–Crippen LogP) is 2.76. The summed E-state index contributed by atoms with van der Waals surface area (Å²) in [5, 5.41) is 2.83. The van der Waals surface area contributed by atoms with Gasteiger partial charge in [-0.25, -0.2) is 4.98 Å². The molecule has 0 unspecified atom stereocenters. The van der Waals surface area contributed by atoms with Crippen molar-refractivity contribution in [3.63, 3.8) is 0 Å². The van der Waals surface area contributed by atoms with Crippen LogP contribution >= 0.6 is 0 Å². The van der Waals surface area contributed by atoms with E-state index in [0.29, 0.717) is 29.4 Å². The molecule has 0 saturated heterocycles. The lowest BCUT2D eigenvalue weighted by atomic mass is 10.1. The molecule has 3 aromatic rings. The highest BCUT2D eigenvalue weighted by molar-refractivity contribution is 5.90. The van der Waals surface area contributed by atoms with Crippen LogP contribution in [0, 0.1) is 6.92 Å². The van der Waals surface area contributed by atoms with E-state index in [4.69, 9.17) is 4.74 Å². The fourth-order valence-corrected chi connectivity index (χ4v) is 3.87. The number of ether oxygens (including phenoxy) is 1. The van der Waals surface area contributed by atoms with Gasteiger partial charge < -0.3 is 10.1 Å². The average Bonchev–Trinajstić information content (AvgIpc) is 2.78. The summed E-state index contributed by atoms with van der Waals surface area (Å²) in [6.45, 7) is 3.88. The van der Waals surface area contributed by atoms with Gasteiger partial charge in [-0.05, 0) is 36.8 Å². The number of nitrogens with zero attached hydrogens (tertiary/aromatic N) is 3. The summed E-state index contributed by atoms with van der Waals surface area (Å²) in [4.78, 5) is 32.7. The number of aryl methyl sites for hydroxylation is 1. The molecule has 2 aromatic carbocycles. The molecule has 31 heavy (non-hydrogen) atoms. The monoisotopic (exact) mass is 418 g/mol. The number of anilines is 1. The third-order valence-electron chi connectivity index (χ3n) is 5.51. The van der Waals surface area contributed by atoms with Crippen molar-refractivity contribution in [1.29, 1.82) is 0 Å². The van der Waals surface area contributed by atoms with E-state index in [-0.39, 0.29) is 18.0 Å². The number of hydrogen-bond donors (Lipinski definition) is 1. The van der Waals surface area contributed by atoms with Crippen LogP contribution < -0.4 is 15.6 Å². The van der Waals surface area contributed by atoms with Crippen molar-refractivity contribution in [2.75, 3.05) is 19.0 Å². The molecule has 0 bridgehead atoms. The first-order chi connectivity index (χ1) is 15.0. The number of fused-ring (bicyclic) bond motifs is 1. The first kappa shape index (κ1) is 20.8. The number of benzene rings is 2. The fourth-order valence-electron chi connectivity index (χ4n) is 3.87. The summed E-state index contributed by atoms with van der Waals surface area (Å²) in [6, 6.07) is 17.3. The van der Waals surface area contributed by atoms with E-state index in [1.165, 1.54) is 10.1 Å². The maximum absolute atomic E-state index is 13.2. The Morgan fingerprint density at radius 2 is 1.87 bits per heavy atom. The van der Waals surface area contributed by atoms with Crippen LogP contribution in [0.3, 0.4) is 0 Å². The SMILES string of the molecule is COc1ccc(NC(=O)Cn2c(C)nc3c(c2=O)CN(Cc2ccccc2)CC3)cc1. The quantitative estimate of drug-likeness (QED) is 0.666. The minimum absolute atomic E-state index is 0.0737. The van der Waals surface area contributed by atoms with E-state index >= 15 is 0 Å². The number of aromatic nitrogens is 2. The van der Waals surface area contributed by atoms with Crippen LogP contribution in [-0.2, 0) is 30.8 Å². The summed E-state index contributed by atoms with van der Waals surface area (Å²) in [6.07, 6.45) is 0.733. The molecule has 0 fully saturated rings. The number of carbonyl (C=O) groups excluding carboxylic acids is 1. The Bertz CT molecular complexity index is 1120. The van der Waals surface area contributed by atoms with Crippen molar-refractivity contribution in [1.82, 2.24) is 14.5 Å². The fraction of sp³-hybridized carbons (Fsp3) is 0.292. The molecule has 0 saturated carbocycles. The van der Waals surface area contributed by atoms with E-state index in [2.05, 4.69) is 27.3 Å². The van der Waals surface area contributed by atoms with Gasteiger partial charge in [0.2, 0.25) is 5.91 Å². The van der Waals surface area contributed by atoms with Gasteiger partial charge in [0, 0.05) is 31.7 Å². The number of methoxy groups -OCH3 is 1. The van der Waals surface area contributed by atoms with Gasteiger partial charge in [-0.2, -0.15) is 0 Å². The van der Waals surface area contributed by atoms with Crippen LogP contribution in [0.5, 0.6) is 5.75 Å². The predicted molar refractivity (Wildman–Crippen MR) is 119 cm³/mol. The Morgan fingerprint density at radius 1 is 1.13 bits per heavy atom. The highest BCUT2D eigenvalue weighted by Gasteiger charge is 2.23. The number of hydrogen-bond acceptors (Lipinski definition) is 5. The van der Waals surface area contributed by atoms with Gasteiger partial charge in [0.1, 0.15) is 18.1 Å². The van der Waals surface area contributed by atoms with Gasteiger partial charge in [0.25, 0.3) is 5.56 Å². The normalized spacial score (nSPS) is 13.5. The molecule has 0 aliphatic carbocycles. The van der Waals surface area contributed by atoms with Crippen molar-refractivity contribution in [2.45, 2.75) is 33.0 Å². The van der Waals surface area contributed by atoms with Crippen molar-refractivity contribution < 1.29 is 9.53 Å². The molecule has 0 spiro atoms. The lowest BCUT2D eigenvalue weighted by molar-refractivity contribution is -0.116. The first-order valence-corrected chi connectivity index (χ1v) is 10.3. The second kappa shape index (κ2) is 9.14. The average molecular weight is 418 g/mol. The number of amides is 1. The molecule has 2 heterocycles. The summed E-state index contributed by atoms with van der Waals surface area (Å²) >= 11 is 0. The van der Waals surface area contributed by atoms with Crippen LogP contribution in [-0.4, -0.2) is 34.0 Å². The van der Waals surface area contributed by atoms with E-state index < -0.39 is 0 Å². The molecular formula is C24H26N4O3. The van der Waals surface area contributed by atoms with E-state index in [1.54, 1.807) is 38.3 Å². The zero-order valence-corrected chi connectivity index (χ0v) is 17.8. The van der Waals surface area contributed by atoms with E-state index in [9.17, 15) is 9.59 Å². The van der Waals surface area contributed by atoms with Gasteiger partial charge in [0.05, 0.1) is 18.4 Å². The molecule has 0 atom stereocenters. The topological polar surface area (TPSA) is 76.5 Å². The van der Waals surface area contributed by atoms with Crippen LogP contribution in [0.25, 0.3) is 0 Å². The second-order valence-electron chi connectivity index (χ2n) is 7.70. The minimum atomic E-state index is -0.269. The molecule has 7 nitrogen and oxygen atoms in total. The largest absolute Gasteiger partial charge is 0.497 e. The Hall–Kier alpha value is -3.45. The summed E-state index contributed by atoms with van der Waals surface area (Å²) < 4.78 is 6.59. The Labute approximate surface area is 181 Å². The Balaban J connectivity index is 1.49. The van der Waals surface area contributed by atoms with Crippen LogP contribution in [0.15, 0.2) is 59.4 Å². The van der Waals surface area contributed by atoms with Gasteiger partial charge in [-0.15, -0.1) is 0 Å². The lowest BCUT2D eigenvalue weighted by Gasteiger charge is -2.28. The molecule has 4 rings (SSSR count). The zero-order valence-electron chi connectivity index (χ0n) is 17.8. The Kier molecular flexibility index (Phi) is 6.13. The van der Waals surface area contributed by atoms with E-state index in [1.807, 2.05) is 18.2 Å². The van der Waals surface area contributed by atoms with E-state index in [0.717, 1.165) is 25.2 Å². The molecule has 1 aliphatic rings. The zero-order chi connectivity index (χ0) is 21.8. The Morgan fingerprint density at radius 3 is 2.58 bits per heavy atom. The number of carbonyl (C=O) groups is 1. The molecular weight excluding hydrogens is 392 g/mol. The van der Waals surface area contributed by atoms with Crippen LogP contribution in [0.4, 0.5) is 5.69 Å². The van der Waals surface area contributed by atoms with Gasteiger partial charge in [0.15, 0.2) is 0 Å². The first-order valence-electron chi connectivity index (χ1n) is 10.3. The minimum Gasteiger partial charge on any atom is -0.497 e. The smallest absolute Gasteiger partial charge is 0.258 e. The van der Waals surface area contributed by atoms with Crippen molar-refractivity contribution in [2.24, 2.45) is 0 Å². The van der Waals surface area contributed by atoms with Crippen molar-refractivity contribution in [3.05, 3.63) is 87.6 Å². The summed E-state index contributed by atoms with van der Waals surface area (Å²) in [5.41, 5.74) is 3.26. The molecule has 0 radical (unpaired) electrons. The number of rotatable bonds is 6. The van der Waals surface area contributed by atoms with Gasteiger partial charge >= 0.3 is 0 Å². The second-order valence-corrected chi connectivity index (χ2v) is 7.70. The number of nitrogens with one attached hydrogen (secondary N) is 1.